The predicted octanol–water partition coefficient (Wildman–Crippen LogP) is 6.04. The number of aromatic nitrogens is 1. The average Bonchev–Trinajstić information content (AvgIpc) is 2.98. The van der Waals surface area contributed by atoms with Crippen LogP contribution in [-0.2, 0) is 4.79 Å². The highest BCUT2D eigenvalue weighted by atomic mass is 16.5. The maximum absolute atomic E-state index is 14.1. The van der Waals surface area contributed by atoms with Crippen LogP contribution in [0.3, 0.4) is 0 Å². The van der Waals surface area contributed by atoms with Gasteiger partial charge in [0.15, 0.2) is 11.5 Å². The van der Waals surface area contributed by atoms with Gasteiger partial charge in [-0.05, 0) is 30.9 Å². The zero-order valence-corrected chi connectivity index (χ0v) is 23.5. The molecule has 1 aliphatic carbocycles. The van der Waals surface area contributed by atoms with Gasteiger partial charge in [0, 0.05) is 23.7 Å². The molecule has 7 heteroatoms. The Hall–Kier alpha value is -4.26. The van der Waals surface area contributed by atoms with E-state index in [0.29, 0.717) is 33.7 Å². The molecule has 5 rings (SSSR count). The van der Waals surface area contributed by atoms with Crippen molar-refractivity contribution in [3.63, 3.8) is 0 Å². The first-order valence-electron chi connectivity index (χ1n) is 13.8. The lowest BCUT2D eigenvalue weighted by molar-refractivity contribution is -0.124. The monoisotopic (exact) mass is 540 g/mol. The summed E-state index contributed by atoms with van der Waals surface area (Å²) >= 11 is 0. The first-order chi connectivity index (χ1) is 19.5. The lowest BCUT2D eigenvalue weighted by Crippen LogP contribution is -2.43. The van der Waals surface area contributed by atoms with E-state index in [1.807, 2.05) is 61.5 Å². The van der Waals surface area contributed by atoms with Crippen LogP contribution in [0.15, 0.2) is 71.5 Å². The number of rotatable bonds is 8. The van der Waals surface area contributed by atoms with Gasteiger partial charge in [0.2, 0.25) is 11.7 Å². The molecule has 0 bridgehead atoms. The van der Waals surface area contributed by atoms with Gasteiger partial charge in [0.05, 0.1) is 32.2 Å². The summed E-state index contributed by atoms with van der Waals surface area (Å²) < 4.78 is 18.9. The second kappa shape index (κ2) is 11.9. The minimum absolute atomic E-state index is 0.0870. The van der Waals surface area contributed by atoms with Crippen molar-refractivity contribution in [2.75, 3.05) is 21.3 Å². The highest BCUT2D eigenvalue weighted by molar-refractivity contribution is 6.03. The van der Waals surface area contributed by atoms with E-state index in [2.05, 4.69) is 5.32 Å². The molecule has 0 spiro atoms. The molecule has 1 amide bonds. The van der Waals surface area contributed by atoms with E-state index in [4.69, 9.17) is 14.2 Å². The van der Waals surface area contributed by atoms with Crippen molar-refractivity contribution in [3.05, 3.63) is 88.2 Å². The molecule has 0 radical (unpaired) electrons. The zero-order valence-electron chi connectivity index (χ0n) is 23.5. The Balaban J connectivity index is 1.83. The maximum atomic E-state index is 14.1. The summed E-state index contributed by atoms with van der Waals surface area (Å²) in [7, 11) is 4.66. The molecule has 3 aromatic carbocycles. The molecule has 1 heterocycles. The van der Waals surface area contributed by atoms with Crippen molar-refractivity contribution in [2.45, 2.75) is 51.1 Å². The minimum atomic E-state index is -0.898. The van der Waals surface area contributed by atoms with Crippen LogP contribution in [0, 0.1) is 6.92 Å². The normalized spacial score (nSPS) is 14.5. The van der Waals surface area contributed by atoms with Crippen LogP contribution in [0.25, 0.3) is 22.0 Å². The van der Waals surface area contributed by atoms with Crippen LogP contribution in [0.4, 0.5) is 0 Å². The number of amides is 1. The average molecular weight is 541 g/mol. The number of carbonyl (C=O) groups is 1. The van der Waals surface area contributed by atoms with Gasteiger partial charge in [-0.2, -0.15) is 0 Å². The second-order valence-corrected chi connectivity index (χ2v) is 10.3. The van der Waals surface area contributed by atoms with Gasteiger partial charge in [-0.3, -0.25) is 14.2 Å². The Morgan fingerprint density at radius 3 is 2.17 bits per heavy atom. The number of pyridine rings is 1. The van der Waals surface area contributed by atoms with Gasteiger partial charge in [-0.15, -0.1) is 0 Å². The molecular weight excluding hydrogens is 504 g/mol. The van der Waals surface area contributed by atoms with Crippen molar-refractivity contribution < 1.29 is 19.0 Å². The number of hydrogen-bond acceptors (Lipinski definition) is 5. The Bertz CT molecular complexity index is 1550. The SMILES string of the molecule is COc1cc2c(c(-c3ccccc3)cc(=O)n2C(C(=O)NC2CCCCC2)c2ccc(C)cc2)c(OC)c1OC. The van der Waals surface area contributed by atoms with E-state index in [0.717, 1.165) is 42.4 Å². The standard InChI is InChI=1S/C33H36N2O5/c1-21-15-17-23(18-16-21)30(33(37)34-24-13-9-6-10-14-24)35-26-20-27(38-2)31(39-3)32(40-4)29(26)25(19-28(35)36)22-11-7-5-8-12-22/h5,7-8,11-12,15-20,24,30H,6,9-10,13-14H2,1-4H3,(H,34,37). The van der Waals surface area contributed by atoms with E-state index in [1.54, 1.807) is 38.0 Å². The van der Waals surface area contributed by atoms with Crippen LogP contribution in [0.5, 0.6) is 17.2 Å². The second-order valence-electron chi connectivity index (χ2n) is 10.3. The van der Waals surface area contributed by atoms with Crippen molar-refractivity contribution in [3.8, 4) is 28.4 Å². The largest absolute Gasteiger partial charge is 0.493 e. The third kappa shape index (κ3) is 5.16. The van der Waals surface area contributed by atoms with Crippen molar-refractivity contribution >= 4 is 16.8 Å². The van der Waals surface area contributed by atoms with E-state index >= 15 is 0 Å². The Morgan fingerprint density at radius 1 is 0.875 bits per heavy atom. The Morgan fingerprint density at radius 2 is 1.55 bits per heavy atom. The number of hydrogen-bond donors (Lipinski definition) is 1. The molecule has 4 aromatic rings. The molecule has 1 fully saturated rings. The lowest BCUT2D eigenvalue weighted by Gasteiger charge is -2.28. The summed E-state index contributed by atoms with van der Waals surface area (Å²) in [5.41, 5.74) is 3.55. The van der Waals surface area contributed by atoms with E-state index < -0.39 is 6.04 Å². The predicted molar refractivity (Wildman–Crippen MR) is 158 cm³/mol. The quantitative estimate of drug-likeness (QED) is 0.295. The third-order valence-electron chi connectivity index (χ3n) is 7.78. The fourth-order valence-corrected chi connectivity index (χ4v) is 5.78. The molecule has 0 saturated heterocycles. The maximum Gasteiger partial charge on any atom is 0.252 e. The summed E-state index contributed by atoms with van der Waals surface area (Å²) in [5.74, 6) is 1.04. The molecule has 1 aliphatic rings. The first kappa shape index (κ1) is 27.3. The fraction of sp³-hybridized carbons (Fsp3) is 0.333. The van der Waals surface area contributed by atoms with E-state index in [9.17, 15) is 9.59 Å². The van der Waals surface area contributed by atoms with Gasteiger partial charge in [0.25, 0.3) is 5.56 Å². The molecule has 40 heavy (non-hydrogen) atoms. The number of nitrogens with zero attached hydrogens (tertiary/aromatic N) is 1. The van der Waals surface area contributed by atoms with Crippen LogP contribution in [-0.4, -0.2) is 37.8 Å². The number of nitrogens with one attached hydrogen (secondary N) is 1. The smallest absolute Gasteiger partial charge is 0.252 e. The summed E-state index contributed by atoms with van der Waals surface area (Å²) in [5, 5.41) is 3.92. The molecule has 1 unspecified atom stereocenters. The van der Waals surface area contributed by atoms with Crippen LogP contribution in [0.1, 0.15) is 49.3 Å². The van der Waals surface area contributed by atoms with E-state index in [-0.39, 0.29) is 17.5 Å². The van der Waals surface area contributed by atoms with Crippen LogP contribution >= 0.6 is 0 Å². The lowest BCUT2D eigenvalue weighted by atomic mass is 9.94. The van der Waals surface area contributed by atoms with Crippen molar-refractivity contribution in [2.24, 2.45) is 0 Å². The molecule has 1 N–H and O–H groups in total. The summed E-state index contributed by atoms with van der Waals surface area (Å²) in [4.78, 5) is 28.3. The highest BCUT2D eigenvalue weighted by Crippen LogP contribution is 2.47. The van der Waals surface area contributed by atoms with Gasteiger partial charge >= 0.3 is 0 Å². The van der Waals surface area contributed by atoms with Gasteiger partial charge in [-0.25, -0.2) is 0 Å². The molecule has 1 saturated carbocycles. The topological polar surface area (TPSA) is 78.8 Å². The first-order valence-corrected chi connectivity index (χ1v) is 13.8. The summed E-state index contributed by atoms with van der Waals surface area (Å²) in [6.07, 6.45) is 5.23. The third-order valence-corrected chi connectivity index (χ3v) is 7.78. The minimum Gasteiger partial charge on any atom is -0.493 e. The summed E-state index contributed by atoms with van der Waals surface area (Å²) in [6, 6.07) is 20.0. The van der Waals surface area contributed by atoms with Crippen molar-refractivity contribution in [1.82, 2.24) is 9.88 Å². The number of fused-ring (bicyclic) bond motifs is 1. The summed E-state index contributed by atoms with van der Waals surface area (Å²) in [6.45, 7) is 2.00. The van der Waals surface area contributed by atoms with Gasteiger partial charge in [0.1, 0.15) is 6.04 Å². The Kier molecular flexibility index (Phi) is 8.10. The van der Waals surface area contributed by atoms with Crippen molar-refractivity contribution in [1.29, 1.82) is 0 Å². The number of benzene rings is 3. The van der Waals surface area contributed by atoms with Crippen LogP contribution in [0.2, 0.25) is 0 Å². The molecule has 208 valence electrons. The number of methoxy groups -OCH3 is 3. The fourth-order valence-electron chi connectivity index (χ4n) is 5.78. The molecule has 1 atom stereocenters. The van der Waals surface area contributed by atoms with E-state index in [1.165, 1.54) is 6.42 Å². The highest BCUT2D eigenvalue weighted by Gasteiger charge is 2.31. The number of ether oxygens (including phenoxy) is 3. The molecule has 0 aliphatic heterocycles. The van der Waals surface area contributed by atoms with Gasteiger partial charge < -0.3 is 19.5 Å². The number of aryl methyl sites for hydroxylation is 1. The molecular formula is C33H36N2O5. The zero-order chi connectivity index (χ0) is 28.2. The van der Waals surface area contributed by atoms with Gasteiger partial charge in [-0.1, -0.05) is 79.4 Å². The molecule has 1 aromatic heterocycles. The van der Waals surface area contributed by atoms with Crippen LogP contribution < -0.4 is 25.1 Å². The Labute approximate surface area is 234 Å². The molecule has 7 nitrogen and oxygen atoms in total. The number of carbonyl (C=O) groups excluding carboxylic acids is 1.